The highest BCUT2D eigenvalue weighted by Gasteiger charge is 2.10. The molecule has 0 bridgehead atoms. The third-order valence-corrected chi connectivity index (χ3v) is 4.61. The molecule has 0 amide bonds. The molecule has 0 aliphatic carbocycles. The normalized spacial score (nSPS) is 11.6. The summed E-state index contributed by atoms with van der Waals surface area (Å²) in [6.07, 6.45) is 14.8. The Morgan fingerprint density at radius 2 is 1.33 bits per heavy atom. The maximum atomic E-state index is 10.8. The van der Waals surface area contributed by atoms with E-state index in [0.29, 0.717) is 0 Å². The second kappa shape index (κ2) is 12.3. The molecule has 4 nitrogen and oxygen atoms in total. The van der Waals surface area contributed by atoms with Crippen molar-refractivity contribution in [3.05, 3.63) is 29.8 Å². The van der Waals surface area contributed by atoms with Gasteiger partial charge >= 0.3 is 10.4 Å². The highest BCUT2D eigenvalue weighted by Crippen LogP contribution is 2.22. The van der Waals surface area contributed by atoms with Crippen molar-refractivity contribution in [1.29, 1.82) is 0 Å². The molecule has 1 rings (SSSR count). The molecule has 0 saturated heterocycles. The van der Waals surface area contributed by atoms with Gasteiger partial charge in [0.2, 0.25) is 0 Å². The first-order chi connectivity index (χ1) is 11.5. The van der Waals surface area contributed by atoms with Crippen LogP contribution in [0.2, 0.25) is 0 Å². The zero-order valence-corrected chi connectivity index (χ0v) is 15.7. The van der Waals surface area contributed by atoms with Crippen molar-refractivity contribution in [2.75, 3.05) is 0 Å². The van der Waals surface area contributed by atoms with Crippen molar-refractivity contribution in [2.24, 2.45) is 0 Å². The highest BCUT2D eigenvalue weighted by molar-refractivity contribution is 7.81. The van der Waals surface area contributed by atoms with E-state index < -0.39 is 10.4 Å². The van der Waals surface area contributed by atoms with Crippen molar-refractivity contribution < 1.29 is 17.2 Å². The lowest BCUT2D eigenvalue weighted by Crippen LogP contribution is -2.08. The SMILES string of the molecule is CCCCCCCCCCCCCc1ccccc1OS(=O)(=O)O. The molecule has 0 aromatic heterocycles. The second-order valence-electron chi connectivity index (χ2n) is 6.40. The number of hydrogen-bond donors (Lipinski definition) is 1. The Labute approximate surface area is 147 Å². The number of para-hydroxylation sites is 1. The van der Waals surface area contributed by atoms with Gasteiger partial charge in [-0.15, -0.1) is 0 Å². The van der Waals surface area contributed by atoms with Crippen LogP contribution in [0.15, 0.2) is 24.3 Å². The molecule has 1 N–H and O–H groups in total. The summed E-state index contributed by atoms with van der Waals surface area (Å²) in [5, 5.41) is 0. The lowest BCUT2D eigenvalue weighted by Gasteiger charge is -2.08. The minimum atomic E-state index is -4.45. The molecular weight excluding hydrogens is 324 g/mol. The van der Waals surface area contributed by atoms with Crippen LogP contribution in [0.3, 0.4) is 0 Å². The minimum Gasteiger partial charge on any atom is -0.362 e. The topological polar surface area (TPSA) is 63.6 Å². The summed E-state index contributed by atoms with van der Waals surface area (Å²) in [6, 6.07) is 6.97. The first-order valence-electron chi connectivity index (χ1n) is 9.27. The van der Waals surface area contributed by atoms with Gasteiger partial charge in [0, 0.05) is 0 Å². The van der Waals surface area contributed by atoms with Gasteiger partial charge in [0.15, 0.2) is 0 Å². The molecule has 0 aliphatic heterocycles. The van der Waals surface area contributed by atoms with Gasteiger partial charge in [-0.2, -0.15) is 8.42 Å². The molecular formula is C19H32O4S. The van der Waals surface area contributed by atoms with Gasteiger partial charge in [0.05, 0.1) is 0 Å². The van der Waals surface area contributed by atoms with Crippen LogP contribution in [0, 0.1) is 0 Å². The Morgan fingerprint density at radius 1 is 0.833 bits per heavy atom. The van der Waals surface area contributed by atoms with Crippen LogP contribution < -0.4 is 4.18 Å². The first-order valence-corrected chi connectivity index (χ1v) is 10.6. The minimum absolute atomic E-state index is 0.229. The lowest BCUT2D eigenvalue weighted by molar-refractivity contribution is 0.385. The molecule has 1 aromatic rings. The van der Waals surface area contributed by atoms with Gasteiger partial charge in [-0.1, -0.05) is 89.3 Å². The summed E-state index contributed by atoms with van der Waals surface area (Å²) in [5.41, 5.74) is 0.825. The Balaban J connectivity index is 2.11. The van der Waals surface area contributed by atoms with Gasteiger partial charge in [0.25, 0.3) is 0 Å². The Kier molecular flexibility index (Phi) is 10.8. The predicted octanol–water partition coefficient (Wildman–Crippen LogP) is 5.72. The third kappa shape index (κ3) is 10.7. The summed E-state index contributed by atoms with van der Waals surface area (Å²) in [6.45, 7) is 2.24. The fourth-order valence-electron chi connectivity index (χ4n) is 2.88. The van der Waals surface area contributed by atoms with E-state index in [9.17, 15) is 8.42 Å². The number of unbranched alkanes of at least 4 members (excludes halogenated alkanes) is 10. The summed E-state index contributed by atoms with van der Waals surface area (Å²) >= 11 is 0. The standard InChI is InChI=1S/C19H32O4S/c1-2-3-4-5-6-7-8-9-10-11-12-15-18-16-13-14-17-19(18)23-24(20,21)22/h13-14,16-17H,2-12,15H2,1H3,(H,20,21,22). The molecule has 5 heteroatoms. The molecule has 0 heterocycles. The fraction of sp³-hybridized carbons (Fsp3) is 0.684. The first kappa shape index (κ1) is 21.0. The van der Waals surface area contributed by atoms with Crippen molar-refractivity contribution >= 4 is 10.4 Å². The molecule has 138 valence electrons. The molecule has 0 spiro atoms. The summed E-state index contributed by atoms with van der Waals surface area (Å²) < 4.78 is 35.1. The quantitative estimate of drug-likeness (QED) is 0.342. The van der Waals surface area contributed by atoms with Crippen molar-refractivity contribution in [1.82, 2.24) is 0 Å². The zero-order valence-electron chi connectivity index (χ0n) is 14.9. The number of aryl methyl sites for hydroxylation is 1. The largest absolute Gasteiger partial charge is 0.446 e. The van der Waals surface area contributed by atoms with E-state index in [0.717, 1.165) is 24.8 Å². The van der Waals surface area contributed by atoms with Crippen molar-refractivity contribution in [3.8, 4) is 5.75 Å². The van der Waals surface area contributed by atoms with Crippen LogP contribution in [-0.4, -0.2) is 13.0 Å². The van der Waals surface area contributed by atoms with E-state index >= 15 is 0 Å². The van der Waals surface area contributed by atoms with Crippen LogP contribution in [0.25, 0.3) is 0 Å². The summed E-state index contributed by atoms with van der Waals surface area (Å²) in [4.78, 5) is 0. The number of rotatable bonds is 14. The Morgan fingerprint density at radius 3 is 1.88 bits per heavy atom. The summed E-state index contributed by atoms with van der Waals surface area (Å²) in [5.74, 6) is 0.229. The summed E-state index contributed by atoms with van der Waals surface area (Å²) in [7, 11) is -4.45. The van der Waals surface area contributed by atoms with E-state index in [2.05, 4.69) is 11.1 Å². The molecule has 0 saturated carbocycles. The van der Waals surface area contributed by atoms with E-state index in [1.165, 1.54) is 57.8 Å². The van der Waals surface area contributed by atoms with Gasteiger partial charge in [0.1, 0.15) is 5.75 Å². The van der Waals surface area contributed by atoms with Gasteiger partial charge in [-0.25, -0.2) is 0 Å². The van der Waals surface area contributed by atoms with Crippen LogP contribution >= 0.6 is 0 Å². The Hall–Kier alpha value is -1.07. The van der Waals surface area contributed by atoms with E-state index in [1.54, 1.807) is 12.1 Å². The second-order valence-corrected chi connectivity index (χ2v) is 7.43. The van der Waals surface area contributed by atoms with Crippen LogP contribution in [0.4, 0.5) is 0 Å². The monoisotopic (exact) mass is 356 g/mol. The van der Waals surface area contributed by atoms with Crippen LogP contribution in [-0.2, 0) is 16.8 Å². The fourth-order valence-corrected chi connectivity index (χ4v) is 3.27. The van der Waals surface area contributed by atoms with E-state index in [-0.39, 0.29) is 5.75 Å². The third-order valence-electron chi connectivity index (χ3n) is 4.22. The molecule has 0 fully saturated rings. The average molecular weight is 357 g/mol. The van der Waals surface area contributed by atoms with E-state index in [1.807, 2.05) is 12.1 Å². The lowest BCUT2D eigenvalue weighted by atomic mass is 10.0. The highest BCUT2D eigenvalue weighted by atomic mass is 32.3. The van der Waals surface area contributed by atoms with Gasteiger partial charge < -0.3 is 4.18 Å². The van der Waals surface area contributed by atoms with Gasteiger partial charge in [-0.3, -0.25) is 4.55 Å². The Bertz CT molecular complexity index is 540. The number of benzene rings is 1. The maximum absolute atomic E-state index is 10.8. The molecule has 0 radical (unpaired) electrons. The molecule has 1 aromatic carbocycles. The van der Waals surface area contributed by atoms with Crippen molar-refractivity contribution in [3.63, 3.8) is 0 Å². The molecule has 0 atom stereocenters. The molecule has 24 heavy (non-hydrogen) atoms. The van der Waals surface area contributed by atoms with Gasteiger partial charge in [-0.05, 0) is 24.5 Å². The zero-order chi connectivity index (χ0) is 17.7. The average Bonchev–Trinajstić information content (AvgIpc) is 2.52. The smallest absolute Gasteiger partial charge is 0.362 e. The van der Waals surface area contributed by atoms with Crippen molar-refractivity contribution in [2.45, 2.75) is 84.0 Å². The van der Waals surface area contributed by atoms with Crippen LogP contribution in [0.5, 0.6) is 5.75 Å². The maximum Gasteiger partial charge on any atom is 0.446 e. The molecule has 0 aliphatic rings. The number of hydrogen-bond acceptors (Lipinski definition) is 3. The van der Waals surface area contributed by atoms with Crippen LogP contribution in [0.1, 0.15) is 83.1 Å². The molecule has 0 unspecified atom stereocenters. The predicted molar refractivity (Wildman–Crippen MR) is 98.8 cm³/mol. The van der Waals surface area contributed by atoms with E-state index in [4.69, 9.17) is 4.55 Å².